The van der Waals surface area contributed by atoms with E-state index in [1.54, 1.807) is 18.2 Å². The van der Waals surface area contributed by atoms with Gasteiger partial charge in [0, 0.05) is 10.2 Å². The quantitative estimate of drug-likeness (QED) is 0.555. The van der Waals surface area contributed by atoms with E-state index in [1.165, 1.54) is 0 Å². The van der Waals surface area contributed by atoms with Crippen molar-refractivity contribution in [1.29, 1.82) is 0 Å². The van der Waals surface area contributed by atoms with Crippen molar-refractivity contribution in [2.45, 2.75) is 6.42 Å². The van der Waals surface area contributed by atoms with Crippen LogP contribution in [0.4, 0.5) is 5.69 Å². The summed E-state index contributed by atoms with van der Waals surface area (Å²) in [6, 6.07) is 5.21. The third-order valence-electron chi connectivity index (χ3n) is 1.55. The average molecular weight is 245 g/mol. The molecule has 70 valence electrons. The SMILES string of the molecule is NNc1ccc(Br)c(CC(=O)O)c1. The Kier molecular flexibility index (Phi) is 3.27. The van der Waals surface area contributed by atoms with Gasteiger partial charge in [-0.05, 0) is 23.8 Å². The number of nitrogens with two attached hydrogens (primary N) is 1. The summed E-state index contributed by atoms with van der Waals surface area (Å²) in [5.74, 6) is 4.32. The summed E-state index contributed by atoms with van der Waals surface area (Å²) in [6.07, 6.45) is -0.0178. The van der Waals surface area contributed by atoms with Crippen LogP contribution in [0.25, 0.3) is 0 Å². The number of aliphatic carboxylic acids is 1. The molecule has 0 unspecified atom stereocenters. The van der Waals surface area contributed by atoms with Gasteiger partial charge < -0.3 is 10.5 Å². The van der Waals surface area contributed by atoms with E-state index in [0.717, 1.165) is 4.47 Å². The highest BCUT2D eigenvalue weighted by Gasteiger charge is 2.05. The van der Waals surface area contributed by atoms with Gasteiger partial charge in [0.05, 0.1) is 6.42 Å². The van der Waals surface area contributed by atoms with Gasteiger partial charge in [0.2, 0.25) is 0 Å². The van der Waals surface area contributed by atoms with Crippen LogP contribution in [-0.2, 0) is 11.2 Å². The predicted octanol–water partition coefficient (Wildman–Crippen LogP) is 1.36. The average Bonchev–Trinajstić information content (AvgIpc) is 2.08. The molecule has 0 saturated heterocycles. The second kappa shape index (κ2) is 4.25. The highest BCUT2D eigenvalue weighted by Crippen LogP contribution is 2.20. The Labute approximate surface area is 83.8 Å². The third kappa shape index (κ3) is 2.71. The van der Waals surface area contributed by atoms with Gasteiger partial charge in [-0.25, -0.2) is 0 Å². The lowest BCUT2D eigenvalue weighted by Crippen LogP contribution is -2.08. The van der Waals surface area contributed by atoms with E-state index in [2.05, 4.69) is 21.4 Å². The lowest BCUT2D eigenvalue weighted by atomic mass is 10.1. The minimum absolute atomic E-state index is 0.0178. The molecular formula is C8H9BrN2O2. The molecule has 0 aromatic heterocycles. The minimum Gasteiger partial charge on any atom is -0.481 e. The number of nitrogen functional groups attached to an aromatic ring is 1. The summed E-state index contributed by atoms with van der Waals surface area (Å²) in [5, 5.41) is 8.58. The number of anilines is 1. The highest BCUT2D eigenvalue weighted by atomic mass is 79.9. The number of hydrogen-bond donors (Lipinski definition) is 3. The normalized spacial score (nSPS) is 9.69. The molecule has 0 radical (unpaired) electrons. The van der Waals surface area contributed by atoms with Crippen LogP contribution in [0.5, 0.6) is 0 Å². The Morgan fingerprint density at radius 1 is 1.62 bits per heavy atom. The van der Waals surface area contributed by atoms with Gasteiger partial charge in [-0.15, -0.1) is 0 Å². The van der Waals surface area contributed by atoms with Gasteiger partial charge in [-0.1, -0.05) is 15.9 Å². The first-order chi connectivity index (χ1) is 6.13. The van der Waals surface area contributed by atoms with Crippen molar-refractivity contribution in [3.05, 3.63) is 28.2 Å². The molecule has 0 atom stereocenters. The molecule has 0 heterocycles. The van der Waals surface area contributed by atoms with Crippen LogP contribution < -0.4 is 11.3 Å². The van der Waals surface area contributed by atoms with E-state index in [9.17, 15) is 4.79 Å². The van der Waals surface area contributed by atoms with Gasteiger partial charge >= 0.3 is 5.97 Å². The van der Waals surface area contributed by atoms with Crippen molar-refractivity contribution in [1.82, 2.24) is 0 Å². The topological polar surface area (TPSA) is 75.3 Å². The lowest BCUT2D eigenvalue weighted by molar-refractivity contribution is -0.136. The summed E-state index contributed by atoms with van der Waals surface area (Å²) in [7, 11) is 0. The Hall–Kier alpha value is -1.07. The monoisotopic (exact) mass is 244 g/mol. The zero-order valence-corrected chi connectivity index (χ0v) is 8.34. The van der Waals surface area contributed by atoms with Crippen molar-refractivity contribution in [3.63, 3.8) is 0 Å². The summed E-state index contributed by atoms with van der Waals surface area (Å²) in [5.41, 5.74) is 3.85. The number of benzene rings is 1. The third-order valence-corrected chi connectivity index (χ3v) is 2.33. The Bertz CT molecular complexity index is 328. The summed E-state index contributed by atoms with van der Waals surface area (Å²) in [6.45, 7) is 0. The van der Waals surface area contributed by atoms with Crippen molar-refractivity contribution in [3.8, 4) is 0 Å². The van der Waals surface area contributed by atoms with Crippen molar-refractivity contribution < 1.29 is 9.90 Å². The summed E-state index contributed by atoms with van der Waals surface area (Å²) in [4.78, 5) is 10.4. The van der Waals surface area contributed by atoms with Crippen molar-refractivity contribution >= 4 is 27.6 Å². The molecule has 0 aliphatic heterocycles. The van der Waals surface area contributed by atoms with E-state index in [-0.39, 0.29) is 6.42 Å². The molecule has 0 spiro atoms. The van der Waals surface area contributed by atoms with Crippen LogP contribution in [-0.4, -0.2) is 11.1 Å². The molecule has 1 rings (SSSR count). The van der Waals surface area contributed by atoms with Crippen LogP contribution in [0.1, 0.15) is 5.56 Å². The maximum Gasteiger partial charge on any atom is 0.307 e. The largest absolute Gasteiger partial charge is 0.481 e. The van der Waals surface area contributed by atoms with Crippen LogP contribution >= 0.6 is 15.9 Å². The van der Waals surface area contributed by atoms with Gasteiger partial charge in [-0.2, -0.15) is 0 Å². The molecule has 0 fully saturated rings. The minimum atomic E-state index is -0.866. The number of nitrogens with one attached hydrogen (secondary N) is 1. The molecule has 4 N–H and O–H groups in total. The second-order valence-electron chi connectivity index (χ2n) is 2.52. The molecule has 1 aromatic carbocycles. The fourth-order valence-electron chi connectivity index (χ4n) is 0.963. The van der Waals surface area contributed by atoms with Gasteiger partial charge in [-0.3, -0.25) is 10.6 Å². The van der Waals surface area contributed by atoms with Gasteiger partial charge in [0.15, 0.2) is 0 Å². The number of carboxylic acids is 1. The Balaban J connectivity index is 2.96. The molecule has 0 aliphatic carbocycles. The zero-order valence-electron chi connectivity index (χ0n) is 6.75. The number of hydrazine groups is 1. The number of halogens is 1. The van der Waals surface area contributed by atoms with E-state index < -0.39 is 5.97 Å². The maximum absolute atomic E-state index is 10.4. The molecule has 0 aliphatic rings. The van der Waals surface area contributed by atoms with Crippen molar-refractivity contribution in [2.24, 2.45) is 5.84 Å². The Morgan fingerprint density at radius 3 is 2.85 bits per heavy atom. The molecule has 4 nitrogen and oxygen atoms in total. The predicted molar refractivity (Wildman–Crippen MR) is 53.3 cm³/mol. The van der Waals surface area contributed by atoms with E-state index >= 15 is 0 Å². The maximum atomic E-state index is 10.4. The first-order valence-corrected chi connectivity index (χ1v) is 4.39. The summed E-state index contributed by atoms with van der Waals surface area (Å²) >= 11 is 3.26. The van der Waals surface area contributed by atoms with Crippen molar-refractivity contribution in [2.75, 3.05) is 5.43 Å². The van der Waals surface area contributed by atoms with Crippen LogP contribution in [0.2, 0.25) is 0 Å². The first-order valence-electron chi connectivity index (χ1n) is 3.60. The van der Waals surface area contributed by atoms with E-state index in [1.807, 2.05) is 0 Å². The van der Waals surface area contributed by atoms with E-state index in [4.69, 9.17) is 10.9 Å². The fraction of sp³-hybridized carbons (Fsp3) is 0.125. The molecule has 0 saturated carbocycles. The highest BCUT2D eigenvalue weighted by molar-refractivity contribution is 9.10. The van der Waals surface area contributed by atoms with E-state index in [0.29, 0.717) is 11.3 Å². The molecule has 0 amide bonds. The molecule has 1 aromatic rings. The standard InChI is InChI=1S/C8H9BrN2O2/c9-7-2-1-6(11-10)3-5(7)4-8(12)13/h1-3,11H,4,10H2,(H,12,13). The Morgan fingerprint density at radius 2 is 2.31 bits per heavy atom. The number of hydrogen-bond acceptors (Lipinski definition) is 3. The number of carboxylic acid groups (broad SMARTS) is 1. The fourth-order valence-corrected chi connectivity index (χ4v) is 1.35. The first kappa shape index (κ1) is 10.0. The number of rotatable bonds is 3. The van der Waals surface area contributed by atoms with Gasteiger partial charge in [0.1, 0.15) is 0 Å². The molecule has 13 heavy (non-hydrogen) atoms. The zero-order chi connectivity index (χ0) is 9.84. The smallest absolute Gasteiger partial charge is 0.307 e. The van der Waals surface area contributed by atoms with Gasteiger partial charge in [0.25, 0.3) is 0 Å². The van der Waals surface area contributed by atoms with Crippen LogP contribution in [0, 0.1) is 0 Å². The lowest BCUT2D eigenvalue weighted by Gasteiger charge is -2.04. The summed E-state index contributed by atoms with van der Waals surface area (Å²) < 4.78 is 0.772. The molecule has 5 heteroatoms. The molecular weight excluding hydrogens is 236 g/mol. The van der Waals surface area contributed by atoms with Crippen LogP contribution in [0.3, 0.4) is 0 Å². The van der Waals surface area contributed by atoms with Crippen LogP contribution in [0.15, 0.2) is 22.7 Å². The number of carbonyl (C=O) groups is 1. The second-order valence-corrected chi connectivity index (χ2v) is 3.38. The molecule has 0 bridgehead atoms.